The van der Waals surface area contributed by atoms with Gasteiger partial charge in [0.05, 0.1) is 0 Å². The van der Waals surface area contributed by atoms with Gasteiger partial charge in [0, 0.05) is 30.9 Å². The molecule has 0 heterocycles. The fourth-order valence-corrected chi connectivity index (χ4v) is 1.96. The number of amides is 1. The largest absolute Gasteiger partial charge is 0.399 e. The molecule has 1 amide bonds. The van der Waals surface area contributed by atoms with E-state index in [1.807, 2.05) is 19.0 Å². The van der Waals surface area contributed by atoms with Crippen molar-refractivity contribution in [2.24, 2.45) is 5.92 Å². The van der Waals surface area contributed by atoms with Crippen LogP contribution in [0.5, 0.6) is 0 Å². The molecule has 0 unspecified atom stereocenters. The van der Waals surface area contributed by atoms with Crippen molar-refractivity contribution >= 4 is 11.6 Å². The van der Waals surface area contributed by atoms with Crippen molar-refractivity contribution in [1.29, 1.82) is 0 Å². The number of benzene rings is 1. The molecule has 0 spiro atoms. The first-order valence-electron chi connectivity index (χ1n) is 6.79. The van der Waals surface area contributed by atoms with E-state index in [-0.39, 0.29) is 11.6 Å². The Morgan fingerprint density at radius 2 is 1.90 bits per heavy atom. The lowest BCUT2D eigenvalue weighted by atomic mass is 10.1. The maximum absolute atomic E-state index is 13.4. The van der Waals surface area contributed by atoms with E-state index in [2.05, 4.69) is 13.8 Å². The average Bonchev–Trinajstić information content (AvgIpc) is 2.31. The smallest absolute Gasteiger partial charge is 0.254 e. The van der Waals surface area contributed by atoms with Gasteiger partial charge in [-0.1, -0.05) is 13.8 Å². The van der Waals surface area contributed by atoms with Crippen molar-refractivity contribution in [1.82, 2.24) is 9.80 Å². The number of rotatable bonds is 6. The summed E-state index contributed by atoms with van der Waals surface area (Å²) in [7, 11) is 3.91. The van der Waals surface area contributed by atoms with Crippen molar-refractivity contribution in [3.63, 3.8) is 0 Å². The van der Waals surface area contributed by atoms with E-state index in [0.717, 1.165) is 6.54 Å². The fraction of sp³-hybridized carbons (Fsp3) is 0.533. The van der Waals surface area contributed by atoms with Crippen LogP contribution in [0, 0.1) is 11.7 Å². The predicted molar refractivity (Wildman–Crippen MR) is 80.1 cm³/mol. The highest BCUT2D eigenvalue weighted by Gasteiger charge is 2.18. The minimum atomic E-state index is -0.481. The zero-order chi connectivity index (χ0) is 15.3. The third kappa shape index (κ3) is 5.17. The Morgan fingerprint density at radius 3 is 2.40 bits per heavy atom. The molecular weight excluding hydrogens is 257 g/mol. The molecule has 20 heavy (non-hydrogen) atoms. The van der Waals surface area contributed by atoms with Gasteiger partial charge in [0.2, 0.25) is 0 Å². The van der Waals surface area contributed by atoms with Crippen LogP contribution in [-0.4, -0.2) is 49.4 Å². The average molecular weight is 281 g/mol. The zero-order valence-electron chi connectivity index (χ0n) is 12.7. The summed E-state index contributed by atoms with van der Waals surface area (Å²) in [6.07, 6.45) is 0. The number of likely N-dealkylation sites (N-methyl/N-ethyl adjacent to an activating group) is 1. The van der Waals surface area contributed by atoms with Gasteiger partial charge in [-0.05, 0) is 38.2 Å². The number of anilines is 1. The van der Waals surface area contributed by atoms with Crippen molar-refractivity contribution in [2.45, 2.75) is 13.8 Å². The fourth-order valence-electron chi connectivity index (χ4n) is 1.96. The summed E-state index contributed by atoms with van der Waals surface area (Å²) >= 11 is 0. The van der Waals surface area contributed by atoms with Crippen LogP contribution < -0.4 is 5.73 Å². The molecule has 0 bridgehead atoms. The van der Waals surface area contributed by atoms with Gasteiger partial charge in [0.25, 0.3) is 5.91 Å². The summed E-state index contributed by atoms with van der Waals surface area (Å²) in [4.78, 5) is 16.2. The topological polar surface area (TPSA) is 49.6 Å². The molecule has 1 aromatic carbocycles. The molecule has 1 aromatic rings. The van der Waals surface area contributed by atoms with Gasteiger partial charge in [-0.25, -0.2) is 4.39 Å². The molecule has 0 fully saturated rings. The SMILES string of the molecule is CC(C)CN(CCN(C)C)C(=O)c1cc(N)cc(F)c1. The van der Waals surface area contributed by atoms with Crippen molar-refractivity contribution in [3.8, 4) is 0 Å². The number of carbonyl (C=O) groups is 1. The van der Waals surface area contributed by atoms with Crippen LogP contribution in [0.1, 0.15) is 24.2 Å². The van der Waals surface area contributed by atoms with Gasteiger partial charge < -0.3 is 15.5 Å². The third-order valence-electron chi connectivity index (χ3n) is 2.86. The number of carbonyl (C=O) groups excluding carboxylic acids is 1. The molecule has 112 valence electrons. The first kappa shape index (κ1) is 16.4. The number of nitrogen functional groups attached to an aromatic ring is 1. The molecule has 0 saturated carbocycles. The number of nitrogens with zero attached hydrogens (tertiary/aromatic N) is 2. The summed E-state index contributed by atoms with van der Waals surface area (Å²) in [6.45, 7) is 6.12. The Labute approximate surface area is 120 Å². The normalized spacial score (nSPS) is 11.2. The third-order valence-corrected chi connectivity index (χ3v) is 2.86. The lowest BCUT2D eigenvalue weighted by Crippen LogP contribution is -2.39. The van der Waals surface area contributed by atoms with E-state index in [1.54, 1.807) is 4.90 Å². The molecule has 5 heteroatoms. The highest BCUT2D eigenvalue weighted by Crippen LogP contribution is 2.14. The van der Waals surface area contributed by atoms with Crippen LogP contribution in [0.3, 0.4) is 0 Å². The quantitative estimate of drug-likeness (QED) is 0.812. The number of hydrogen-bond donors (Lipinski definition) is 1. The molecule has 0 aliphatic heterocycles. The Hall–Kier alpha value is -1.62. The Morgan fingerprint density at radius 1 is 1.25 bits per heavy atom. The number of nitrogens with two attached hydrogens (primary N) is 1. The summed E-state index contributed by atoms with van der Waals surface area (Å²) in [5, 5.41) is 0. The lowest BCUT2D eigenvalue weighted by Gasteiger charge is -2.26. The molecule has 0 saturated heterocycles. The Kier molecular flexibility index (Phi) is 5.95. The summed E-state index contributed by atoms with van der Waals surface area (Å²) < 4.78 is 13.4. The number of halogens is 1. The highest BCUT2D eigenvalue weighted by molar-refractivity contribution is 5.95. The minimum absolute atomic E-state index is 0.174. The Bertz CT molecular complexity index is 440. The highest BCUT2D eigenvalue weighted by atomic mass is 19.1. The standard InChI is InChI=1S/C15H24FN3O/c1-11(2)10-19(6-5-18(3)4)15(20)12-7-13(16)9-14(17)8-12/h7-9,11H,5-6,10,17H2,1-4H3. The molecule has 4 nitrogen and oxygen atoms in total. The molecule has 0 aliphatic carbocycles. The minimum Gasteiger partial charge on any atom is -0.399 e. The first-order valence-corrected chi connectivity index (χ1v) is 6.79. The predicted octanol–water partition coefficient (Wildman–Crippen LogP) is 2.07. The molecule has 0 radical (unpaired) electrons. The van der Waals surface area contributed by atoms with Crippen LogP contribution >= 0.6 is 0 Å². The molecule has 2 N–H and O–H groups in total. The number of hydrogen-bond acceptors (Lipinski definition) is 3. The van der Waals surface area contributed by atoms with Gasteiger partial charge in [0.15, 0.2) is 0 Å². The van der Waals surface area contributed by atoms with Gasteiger partial charge in [-0.2, -0.15) is 0 Å². The van der Waals surface area contributed by atoms with Crippen LogP contribution in [-0.2, 0) is 0 Å². The summed E-state index contributed by atoms with van der Waals surface area (Å²) in [6, 6.07) is 3.97. The van der Waals surface area contributed by atoms with Gasteiger partial charge in [-0.3, -0.25) is 4.79 Å². The van der Waals surface area contributed by atoms with E-state index in [1.165, 1.54) is 18.2 Å². The molecular formula is C15H24FN3O. The summed E-state index contributed by atoms with van der Waals surface area (Å²) in [5.74, 6) is -0.302. The van der Waals surface area contributed by atoms with Crippen molar-refractivity contribution in [2.75, 3.05) is 39.5 Å². The van der Waals surface area contributed by atoms with Crippen LogP contribution in [0.4, 0.5) is 10.1 Å². The van der Waals surface area contributed by atoms with E-state index in [9.17, 15) is 9.18 Å². The van der Waals surface area contributed by atoms with E-state index in [4.69, 9.17) is 5.73 Å². The van der Waals surface area contributed by atoms with Crippen molar-refractivity contribution < 1.29 is 9.18 Å². The second kappa shape index (κ2) is 7.24. The van der Waals surface area contributed by atoms with E-state index >= 15 is 0 Å². The van der Waals surface area contributed by atoms with Gasteiger partial charge in [-0.15, -0.1) is 0 Å². The van der Waals surface area contributed by atoms with E-state index in [0.29, 0.717) is 24.6 Å². The summed E-state index contributed by atoms with van der Waals surface area (Å²) in [5.41, 5.74) is 6.18. The van der Waals surface area contributed by atoms with E-state index < -0.39 is 5.82 Å². The molecule has 0 atom stereocenters. The maximum Gasteiger partial charge on any atom is 0.254 e. The maximum atomic E-state index is 13.4. The van der Waals surface area contributed by atoms with Gasteiger partial charge >= 0.3 is 0 Å². The Balaban J connectivity index is 2.90. The molecule has 0 aromatic heterocycles. The van der Waals surface area contributed by atoms with Crippen LogP contribution in [0.15, 0.2) is 18.2 Å². The second-order valence-electron chi connectivity index (χ2n) is 5.72. The van der Waals surface area contributed by atoms with Gasteiger partial charge in [0.1, 0.15) is 5.82 Å². The second-order valence-corrected chi connectivity index (χ2v) is 5.72. The van der Waals surface area contributed by atoms with Crippen molar-refractivity contribution in [3.05, 3.63) is 29.6 Å². The lowest BCUT2D eigenvalue weighted by molar-refractivity contribution is 0.0724. The monoisotopic (exact) mass is 281 g/mol. The first-order chi connectivity index (χ1) is 9.29. The van der Waals surface area contributed by atoms with Crippen LogP contribution in [0.25, 0.3) is 0 Å². The van der Waals surface area contributed by atoms with Crippen LogP contribution in [0.2, 0.25) is 0 Å². The molecule has 1 rings (SSSR count). The molecule has 0 aliphatic rings. The zero-order valence-corrected chi connectivity index (χ0v) is 12.7.